The predicted octanol–water partition coefficient (Wildman–Crippen LogP) is 1.57. The summed E-state index contributed by atoms with van der Waals surface area (Å²) in [6.07, 6.45) is 4.51. The molecule has 100 valence electrons. The van der Waals surface area contributed by atoms with Gasteiger partial charge in [-0.2, -0.15) is 9.40 Å². The van der Waals surface area contributed by atoms with Crippen molar-refractivity contribution in [3.63, 3.8) is 0 Å². The van der Waals surface area contributed by atoms with Gasteiger partial charge in [0.15, 0.2) is 0 Å². The second kappa shape index (κ2) is 5.97. The van der Waals surface area contributed by atoms with Gasteiger partial charge in [-0.05, 0) is 13.8 Å². The standard InChI is InChI=1S/C12H19N3O2S/c1-5-8-14(9-6-2)18(16,17)12-10-13-15(7-3)11(12)4/h5-6,10H,1-2,7-9H2,3-4H3. The molecule has 0 aliphatic heterocycles. The largest absolute Gasteiger partial charge is 0.269 e. The van der Waals surface area contributed by atoms with Crippen LogP contribution in [0.5, 0.6) is 0 Å². The van der Waals surface area contributed by atoms with E-state index in [0.717, 1.165) is 0 Å². The summed E-state index contributed by atoms with van der Waals surface area (Å²) >= 11 is 0. The number of nitrogens with zero attached hydrogens (tertiary/aromatic N) is 3. The first-order valence-electron chi connectivity index (χ1n) is 5.73. The van der Waals surface area contributed by atoms with E-state index in [-0.39, 0.29) is 18.0 Å². The normalized spacial score (nSPS) is 11.7. The van der Waals surface area contributed by atoms with Gasteiger partial charge in [-0.15, -0.1) is 13.2 Å². The predicted molar refractivity (Wildman–Crippen MR) is 71.8 cm³/mol. The van der Waals surface area contributed by atoms with Gasteiger partial charge in [0.2, 0.25) is 10.0 Å². The van der Waals surface area contributed by atoms with Gasteiger partial charge in [0.1, 0.15) is 4.90 Å². The first-order valence-corrected chi connectivity index (χ1v) is 7.17. The summed E-state index contributed by atoms with van der Waals surface area (Å²) in [5.74, 6) is 0. The zero-order valence-electron chi connectivity index (χ0n) is 10.8. The van der Waals surface area contributed by atoms with E-state index in [4.69, 9.17) is 0 Å². The fraction of sp³-hybridized carbons (Fsp3) is 0.417. The van der Waals surface area contributed by atoms with E-state index in [1.54, 1.807) is 23.8 Å². The summed E-state index contributed by atoms with van der Waals surface area (Å²) in [7, 11) is -3.54. The number of rotatable bonds is 7. The van der Waals surface area contributed by atoms with Gasteiger partial charge in [-0.1, -0.05) is 12.2 Å². The van der Waals surface area contributed by atoms with Crippen LogP contribution in [-0.2, 0) is 16.6 Å². The second-order valence-electron chi connectivity index (χ2n) is 3.81. The van der Waals surface area contributed by atoms with Crippen molar-refractivity contribution in [2.45, 2.75) is 25.3 Å². The Morgan fingerprint density at radius 1 is 1.39 bits per heavy atom. The van der Waals surface area contributed by atoms with Crippen LogP contribution >= 0.6 is 0 Å². The Bertz CT molecular complexity index is 522. The molecular formula is C12H19N3O2S. The van der Waals surface area contributed by atoms with Crippen LogP contribution in [0.25, 0.3) is 0 Å². The molecule has 0 spiro atoms. The van der Waals surface area contributed by atoms with Crippen LogP contribution in [0.3, 0.4) is 0 Å². The van der Waals surface area contributed by atoms with Gasteiger partial charge in [0, 0.05) is 19.6 Å². The summed E-state index contributed by atoms with van der Waals surface area (Å²) in [5, 5.41) is 4.06. The highest BCUT2D eigenvalue weighted by atomic mass is 32.2. The fourth-order valence-electron chi connectivity index (χ4n) is 1.70. The smallest absolute Gasteiger partial charge is 0.247 e. The third kappa shape index (κ3) is 2.70. The van der Waals surface area contributed by atoms with E-state index < -0.39 is 10.0 Å². The Hall–Kier alpha value is -1.40. The molecule has 0 aliphatic carbocycles. The Morgan fingerprint density at radius 3 is 2.33 bits per heavy atom. The first-order chi connectivity index (χ1) is 8.48. The molecule has 0 radical (unpaired) electrons. The molecule has 0 amide bonds. The molecule has 6 heteroatoms. The number of aryl methyl sites for hydroxylation is 1. The summed E-state index contributed by atoms with van der Waals surface area (Å²) in [5.41, 5.74) is 0.649. The molecule has 0 fully saturated rings. The third-order valence-electron chi connectivity index (χ3n) is 2.64. The zero-order valence-corrected chi connectivity index (χ0v) is 11.7. The molecule has 18 heavy (non-hydrogen) atoms. The molecule has 0 bridgehead atoms. The van der Waals surface area contributed by atoms with Crippen molar-refractivity contribution in [1.29, 1.82) is 0 Å². The molecular weight excluding hydrogens is 250 g/mol. The van der Waals surface area contributed by atoms with Crippen molar-refractivity contribution < 1.29 is 8.42 Å². The van der Waals surface area contributed by atoms with E-state index in [9.17, 15) is 8.42 Å². The maximum atomic E-state index is 12.4. The Kier molecular flexibility index (Phi) is 4.86. The lowest BCUT2D eigenvalue weighted by atomic mass is 10.5. The molecule has 5 nitrogen and oxygen atoms in total. The highest BCUT2D eigenvalue weighted by Gasteiger charge is 2.26. The molecule has 0 aliphatic rings. The lowest BCUT2D eigenvalue weighted by Gasteiger charge is -2.18. The molecule has 1 rings (SSSR count). The molecule has 0 atom stereocenters. The summed E-state index contributed by atoms with van der Waals surface area (Å²) in [6.45, 7) is 12.0. The second-order valence-corrected chi connectivity index (χ2v) is 5.72. The number of sulfonamides is 1. The van der Waals surface area contributed by atoms with Crippen molar-refractivity contribution in [1.82, 2.24) is 14.1 Å². The average Bonchev–Trinajstić information content (AvgIpc) is 2.70. The van der Waals surface area contributed by atoms with Crippen LogP contribution in [0.2, 0.25) is 0 Å². The zero-order chi connectivity index (χ0) is 13.8. The number of hydrogen-bond acceptors (Lipinski definition) is 3. The Morgan fingerprint density at radius 2 is 1.94 bits per heavy atom. The van der Waals surface area contributed by atoms with Gasteiger partial charge in [0.05, 0.1) is 11.9 Å². The topological polar surface area (TPSA) is 55.2 Å². The lowest BCUT2D eigenvalue weighted by molar-refractivity contribution is 0.473. The maximum Gasteiger partial charge on any atom is 0.247 e. The molecule has 0 unspecified atom stereocenters. The first kappa shape index (κ1) is 14.7. The minimum atomic E-state index is -3.54. The average molecular weight is 269 g/mol. The highest BCUT2D eigenvalue weighted by molar-refractivity contribution is 7.89. The molecule has 1 aromatic rings. The van der Waals surface area contributed by atoms with Crippen molar-refractivity contribution in [3.8, 4) is 0 Å². The quantitative estimate of drug-likeness (QED) is 0.706. The molecule has 0 saturated carbocycles. The third-order valence-corrected chi connectivity index (χ3v) is 4.58. The SMILES string of the molecule is C=CCN(CC=C)S(=O)(=O)c1cnn(CC)c1C. The van der Waals surface area contributed by atoms with Crippen LogP contribution in [0.1, 0.15) is 12.6 Å². The summed E-state index contributed by atoms with van der Waals surface area (Å²) < 4.78 is 27.9. The van der Waals surface area contributed by atoms with Crippen LogP contribution < -0.4 is 0 Å². The van der Waals surface area contributed by atoms with Gasteiger partial charge in [-0.25, -0.2) is 8.42 Å². The van der Waals surface area contributed by atoms with Gasteiger partial charge < -0.3 is 0 Å². The molecule has 1 heterocycles. The van der Waals surface area contributed by atoms with Crippen molar-refractivity contribution in [2.75, 3.05) is 13.1 Å². The van der Waals surface area contributed by atoms with E-state index >= 15 is 0 Å². The molecule has 0 saturated heterocycles. The minimum absolute atomic E-state index is 0.244. The van der Waals surface area contributed by atoms with Crippen molar-refractivity contribution in [3.05, 3.63) is 37.2 Å². The fourth-order valence-corrected chi connectivity index (χ4v) is 3.24. The number of aromatic nitrogens is 2. The minimum Gasteiger partial charge on any atom is -0.269 e. The monoisotopic (exact) mass is 269 g/mol. The summed E-state index contributed by atoms with van der Waals surface area (Å²) in [4.78, 5) is 0.244. The van der Waals surface area contributed by atoms with E-state index in [1.807, 2.05) is 6.92 Å². The van der Waals surface area contributed by atoms with E-state index in [2.05, 4.69) is 18.3 Å². The van der Waals surface area contributed by atoms with Gasteiger partial charge >= 0.3 is 0 Å². The Labute approximate surface area is 108 Å². The molecule has 0 aromatic carbocycles. The highest BCUT2D eigenvalue weighted by Crippen LogP contribution is 2.19. The Balaban J connectivity index is 3.21. The van der Waals surface area contributed by atoms with E-state index in [1.165, 1.54) is 10.5 Å². The lowest BCUT2D eigenvalue weighted by Crippen LogP contribution is -2.31. The molecule has 1 aromatic heterocycles. The van der Waals surface area contributed by atoms with Crippen LogP contribution in [0.4, 0.5) is 0 Å². The van der Waals surface area contributed by atoms with Crippen LogP contribution in [0.15, 0.2) is 36.4 Å². The van der Waals surface area contributed by atoms with Crippen molar-refractivity contribution in [2.24, 2.45) is 0 Å². The van der Waals surface area contributed by atoms with Crippen molar-refractivity contribution >= 4 is 10.0 Å². The van der Waals surface area contributed by atoms with Gasteiger partial charge in [0.25, 0.3) is 0 Å². The molecule has 0 N–H and O–H groups in total. The van der Waals surface area contributed by atoms with E-state index in [0.29, 0.717) is 12.2 Å². The number of hydrogen-bond donors (Lipinski definition) is 0. The summed E-state index contributed by atoms with van der Waals surface area (Å²) in [6, 6.07) is 0. The van der Waals surface area contributed by atoms with Crippen LogP contribution in [-0.4, -0.2) is 35.6 Å². The van der Waals surface area contributed by atoms with Gasteiger partial charge in [-0.3, -0.25) is 4.68 Å². The van der Waals surface area contributed by atoms with Crippen LogP contribution in [0, 0.1) is 6.92 Å². The maximum absolute atomic E-state index is 12.4.